The molecule has 0 radical (unpaired) electrons. The largest absolute Gasteiger partial charge is 0.494 e. The van der Waals surface area contributed by atoms with Gasteiger partial charge < -0.3 is 10.5 Å². The lowest BCUT2D eigenvalue weighted by Crippen LogP contribution is -2.20. The molecule has 1 rings (SSSR count). The van der Waals surface area contributed by atoms with E-state index >= 15 is 0 Å². The molecule has 1 unspecified atom stereocenters. The lowest BCUT2D eigenvalue weighted by Gasteiger charge is -2.22. The summed E-state index contributed by atoms with van der Waals surface area (Å²) >= 11 is 0. The molecular formula is C15H25NO. The Morgan fingerprint density at radius 3 is 2.47 bits per heavy atom. The van der Waals surface area contributed by atoms with Gasteiger partial charge in [0, 0.05) is 6.04 Å². The Kier molecular flexibility index (Phi) is 6.06. The summed E-state index contributed by atoms with van der Waals surface area (Å²) in [6, 6.07) is 8.33. The average molecular weight is 235 g/mol. The van der Waals surface area contributed by atoms with Gasteiger partial charge in [0.2, 0.25) is 0 Å². The van der Waals surface area contributed by atoms with Crippen LogP contribution < -0.4 is 10.5 Å². The van der Waals surface area contributed by atoms with Crippen LogP contribution in [0, 0.1) is 5.92 Å². The smallest absolute Gasteiger partial charge is 0.119 e. The number of nitrogens with two attached hydrogens (primary N) is 1. The average Bonchev–Trinajstić information content (AvgIpc) is 2.38. The normalized spacial score (nSPS) is 12.8. The van der Waals surface area contributed by atoms with Gasteiger partial charge >= 0.3 is 0 Å². The van der Waals surface area contributed by atoms with Crippen LogP contribution in [0.1, 0.15) is 51.6 Å². The van der Waals surface area contributed by atoms with E-state index in [9.17, 15) is 0 Å². The number of ether oxygens (including phenoxy) is 1. The fraction of sp³-hybridized carbons (Fsp3) is 0.600. The summed E-state index contributed by atoms with van der Waals surface area (Å²) in [5.41, 5.74) is 7.49. The Balaban J connectivity index is 2.75. The highest BCUT2D eigenvalue weighted by atomic mass is 16.5. The summed E-state index contributed by atoms with van der Waals surface area (Å²) in [6.07, 6.45) is 3.28. The second-order valence-electron chi connectivity index (χ2n) is 4.52. The Labute approximate surface area is 105 Å². The van der Waals surface area contributed by atoms with Crippen molar-refractivity contribution in [2.24, 2.45) is 11.7 Å². The molecule has 0 amide bonds. The molecular weight excluding hydrogens is 210 g/mol. The van der Waals surface area contributed by atoms with Crippen LogP contribution in [-0.4, -0.2) is 6.61 Å². The van der Waals surface area contributed by atoms with Crippen molar-refractivity contribution >= 4 is 0 Å². The number of rotatable bonds is 7. The summed E-state index contributed by atoms with van der Waals surface area (Å²) in [4.78, 5) is 0. The van der Waals surface area contributed by atoms with Gasteiger partial charge in [0.15, 0.2) is 0 Å². The second kappa shape index (κ2) is 7.33. The van der Waals surface area contributed by atoms with Crippen molar-refractivity contribution in [3.63, 3.8) is 0 Å². The standard InChI is InChI=1S/C15H25NO/c1-4-10-17-14-9-7-8-13(11-14)15(16)12(5-2)6-3/h7-9,11-12,15H,4-6,10,16H2,1-3H3. The van der Waals surface area contributed by atoms with Gasteiger partial charge in [-0.05, 0) is 30.0 Å². The van der Waals surface area contributed by atoms with Crippen LogP contribution in [0.4, 0.5) is 0 Å². The van der Waals surface area contributed by atoms with Crippen LogP contribution in [0.5, 0.6) is 5.75 Å². The molecule has 1 aromatic carbocycles. The molecule has 0 spiro atoms. The van der Waals surface area contributed by atoms with Gasteiger partial charge in [0.05, 0.1) is 6.61 Å². The van der Waals surface area contributed by atoms with Gasteiger partial charge in [-0.2, -0.15) is 0 Å². The number of hydrogen-bond acceptors (Lipinski definition) is 2. The molecule has 2 N–H and O–H groups in total. The van der Waals surface area contributed by atoms with Crippen LogP contribution in [0.2, 0.25) is 0 Å². The van der Waals surface area contributed by atoms with Crippen molar-refractivity contribution in [2.45, 2.75) is 46.1 Å². The summed E-state index contributed by atoms with van der Waals surface area (Å²) in [7, 11) is 0. The van der Waals surface area contributed by atoms with Crippen molar-refractivity contribution in [1.29, 1.82) is 0 Å². The quantitative estimate of drug-likeness (QED) is 0.777. The molecule has 0 aromatic heterocycles. The molecule has 1 aromatic rings. The van der Waals surface area contributed by atoms with Crippen LogP contribution in [-0.2, 0) is 0 Å². The number of hydrogen-bond donors (Lipinski definition) is 1. The Morgan fingerprint density at radius 2 is 1.88 bits per heavy atom. The van der Waals surface area contributed by atoms with Crippen molar-refractivity contribution in [3.05, 3.63) is 29.8 Å². The lowest BCUT2D eigenvalue weighted by atomic mass is 9.89. The molecule has 0 saturated heterocycles. The Morgan fingerprint density at radius 1 is 1.18 bits per heavy atom. The summed E-state index contributed by atoms with van der Waals surface area (Å²) < 4.78 is 5.64. The summed E-state index contributed by atoms with van der Waals surface area (Å²) in [6.45, 7) is 7.28. The third-order valence-electron chi connectivity index (χ3n) is 3.27. The fourth-order valence-electron chi connectivity index (χ4n) is 2.10. The topological polar surface area (TPSA) is 35.2 Å². The monoisotopic (exact) mass is 235 g/mol. The van der Waals surface area contributed by atoms with Gasteiger partial charge in [-0.3, -0.25) is 0 Å². The van der Waals surface area contributed by atoms with E-state index in [1.165, 1.54) is 5.56 Å². The van der Waals surface area contributed by atoms with E-state index in [2.05, 4.69) is 32.9 Å². The van der Waals surface area contributed by atoms with Gasteiger partial charge in [-0.25, -0.2) is 0 Å². The highest BCUT2D eigenvalue weighted by molar-refractivity contribution is 5.30. The van der Waals surface area contributed by atoms with E-state index in [0.29, 0.717) is 5.92 Å². The first-order valence-electron chi connectivity index (χ1n) is 6.71. The maximum absolute atomic E-state index is 6.30. The molecule has 17 heavy (non-hydrogen) atoms. The Hall–Kier alpha value is -1.02. The SMILES string of the molecule is CCCOc1cccc(C(N)C(CC)CC)c1. The Bertz CT molecular complexity index is 320. The molecule has 0 bridgehead atoms. The van der Waals surface area contributed by atoms with Crippen molar-refractivity contribution in [3.8, 4) is 5.75 Å². The molecule has 2 nitrogen and oxygen atoms in total. The van der Waals surface area contributed by atoms with Crippen LogP contribution >= 0.6 is 0 Å². The van der Waals surface area contributed by atoms with E-state index in [0.717, 1.165) is 31.6 Å². The van der Waals surface area contributed by atoms with Crippen molar-refractivity contribution < 1.29 is 4.74 Å². The minimum Gasteiger partial charge on any atom is -0.494 e. The van der Waals surface area contributed by atoms with Crippen LogP contribution in [0.15, 0.2) is 24.3 Å². The van der Waals surface area contributed by atoms with Crippen molar-refractivity contribution in [1.82, 2.24) is 0 Å². The molecule has 1 atom stereocenters. The maximum Gasteiger partial charge on any atom is 0.119 e. The first kappa shape index (κ1) is 14.0. The van der Waals surface area contributed by atoms with E-state index < -0.39 is 0 Å². The third-order valence-corrected chi connectivity index (χ3v) is 3.27. The number of benzene rings is 1. The van der Waals surface area contributed by atoms with Crippen LogP contribution in [0.3, 0.4) is 0 Å². The molecule has 0 aliphatic heterocycles. The minimum atomic E-state index is 0.121. The third kappa shape index (κ3) is 4.04. The van der Waals surface area contributed by atoms with Crippen molar-refractivity contribution in [2.75, 3.05) is 6.61 Å². The molecule has 0 saturated carbocycles. The highest BCUT2D eigenvalue weighted by Gasteiger charge is 2.16. The zero-order valence-corrected chi connectivity index (χ0v) is 11.3. The first-order chi connectivity index (χ1) is 8.22. The van der Waals surface area contributed by atoms with E-state index in [1.807, 2.05) is 12.1 Å². The van der Waals surface area contributed by atoms with E-state index in [1.54, 1.807) is 0 Å². The predicted molar refractivity (Wildman–Crippen MR) is 73.2 cm³/mol. The van der Waals surface area contributed by atoms with Gasteiger partial charge in [-0.15, -0.1) is 0 Å². The molecule has 2 heteroatoms. The first-order valence-corrected chi connectivity index (χ1v) is 6.71. The summed E-state index contributed by atoms with van der Waals surface area (Å²) in [5, 5.41) is 0. The molecule has 0 fully saturated rings. The molecule has 0 heterocycles. The minimum absolute atomic E-state index is 0.121. The zero-order chi connectivity index (χ0) is 12.7. The van der Waals surface area contributed by atoms with Gasteiger partial charge in [0.25, 0.3) is 0 Å². The van der Waals surface area contributed by atoms with Gasteiger partial charge in [0.1, 0.15) is 5.75 Å². The molecule has 0 aliphatic rings. The highest BCUT2D eigenvalue weighted by Crippen LogP contribution is 2.27. The second-order valence-corrected chi connectivity index (χ2v) is 4.52. The molecule has 0 aliphatic carbocycles. The van der Waals surface area contributed by atoms with E-state index in [-0.39, 0.29) is 6.04 Å². The molecule has 96 valence electrons. The predicted octanol–water partition coefficient (Wildman–Crippen LogP) is 3.91. The summed E-state index contributed by atoms with van der Waals surface area (Å²) in [5.74, 6) is 1.49. The van der Waals surface area contributed by atoms with Gasteiger partial charge in [-0.1, -0.05) is 45.7 Å². The maximum atomic E-state index is 6.30. The zero-order valence-electron chi connectivity index (χ0n) is 11.3. The lowest BCUT2D eigenvalue weighted by molar-refractivity contribution is 0.316. The fourth-order valence-corrected chi connectivity index (χ4v) is 2.10. The van der Waals surface area contributed by atoms with Crippen LogP contribution in [0.25, 0.3) is 0 Å². The van der Waals surface area contributed by atoms with E-state index in [4.69, 9.17) is 10.5 Å².